The Morgan fingerprint density at radius 2 is 2.47 bits per heavy atom. The van der Waals surface area contributed by atoms with Crippen molar-refractivity contribution in [1.82, 2.24) is 14.9 Å². The minimum atomic E-state index is -0.191. The third kappa shape index (κ3) is 3.21. The molecule has 5 heteroatoms. The molecule has 0 saturated carbocycles. The average Bonchev–Trinajstić information content (AvgIpc) is 2.40. The van der Waals surface area contributed by atoms with Crippen LogP contribution in [-0.2, 0) is 4.74 Å². The van der Waals surface area contributed by atoms with Gasteiger partial charge >= 0.3 is 0 Å². The molecule has 0 amide bonds. The molecule has 2 heterocycles. The zero-order chi connectivity index (χ0) is 12.1. The van der Waals surface area contributed by atoms with E-state index in [0.29, 0.717) is 0 Å². The van der Waals surface area contributed by atoms with Crippen LogP contribution in [0.2, 0.25) is 0 Å². The highest BCUT2D eigenvalue weighted by molar-refractivity contribution is 5.04. The molecule has 94 valence electrons. The van der Waals surface area contributed by atoms with Gasteiger partial charge in [0.2, 0.25) is 0 Å². The molecule has 1 aromatic rings. The van der Waals surface area contributed by atoms with Crippen LogP contribution in [0, 0.1) is 0 Å². The molecule has 1 aliphatic heterocycles. The second-order valence-electron chi connectivity index (χ2n) is 4.37. The van der Waals surface area contributed by atoms with Crippen molar-refractivity contribution in [2.75, 3.05) is 26.2 Å². The third-order valence-corrected chi connectivity index (χ3v) is 3.04. The van der Waals surface area contributed by atoms with Gasteiger partial charge in [0, 0.05) is 25.5 Å². The van der Waals surface area contributed by atoms with E-state index in [1.165, 1.54) is 0 Å². The maximum absolute atomic E-state index is 6.17. The highest BCUT2D eigenvalue weighted by atomic mass is 16.5. The molecule has 2 unspecified atom stereocenters. The van der Waals surface area contributed by atoms with Gasteiger partial charge in [0.1, 0.15) is 0 Å². The summed E-state index contributed by atoms with van der Waals surface area (Å²) in [6, 6.07) is -0.191. The molecule has 2 rings (SSSR count). The van der Waals surface area contributed by atoms with Gasteiger partial charge in [0.25, 0.3) is 0 Å². The molecule has 1 saturated heterocycles. The van der Waals surface area contributed by atoms with Gasteiger partial charge in [0.15, 0.2) is 0 Å². The highest BCUT2D eigenvalue weighted by Crippen LogP contribution is 2.17. The molecule has 1 aliphatic rings. The lowest BCUT2D eigenvalue weighted by molar-refractivity contribution is -0.0414. The summed E-state index contributed by atoms with van der Waals surface area (Å²) in [7, 11) is 0. The van der Waals surface area contributed by atoms with E-state index in [2.05, 4.69) is 21.8 Å². The predicted octanol–water partition coefficient (Wildman–Crippen LogP) is 0.587. The number of nitrogens with two attached hydrogens (primary N) is 1. The standard InChI is InChI=1S/C12H20N4O/c1-2-5-16-6-7-17-11(9-16)12(13)10-8-14-3-4-15-10/h3-4,8,11-12H,2,5-7,9,13H2,1H3. The van der Waals surface area contributed by atoms with E-state index < -0.39 is 0 Å². The van der Waals surface area contributed by atoms with Gasteiger partial charge in [-0.05, 0) is 13.0 Å². The van der Waals surface area contributed by atoms with Gasteiger partial charge in [-0.1, -0.05) is 6.92 Å². The topological polar surface area (TPSA) is 64.3 Å². The lowest BCUT2D eigenvalue weighted by Crippen LogP contribution is -2.47. The van der Waals surface area contributed by atoms with E-state index in [4.69, 9.17) is 10.5 Å². The van der Waals surface area contributed by atoms with Gasteiger partial charge < -0.3 is 10.5 Å². The molecule has 5 nitrogen and oxygen atoms in total. The van der Waals surface area contributed by atoms with E-state index in [0.717, 1.165) is 38.4 Å². The molecule has 0 aliphatic carbocycles. The van der Waals surface area contributed by atoms with Crippen molar-refractivity contribution >= 4 is 0 Å². The fourth-order valence-electron chi connectivity index (χ4n) is 2.14. The summed E-state index contributed by atoms with van der Waals surface area (Å²) in [6.45, 7) is 5.92. The first kappa shape index (κ1) is 12.4. The molecular weight excluding hydrogens is 216 g/mol. The normalized spacial score (nSPS) is 23.5. The van der Waals surface area contributed by atoms with Crippen LogP contribution < -0.4 is 5.73 Å². The summed E-state index contributed by atoms with van der Waals surface area (Å²) in [6.07, 6.45) is 6.22. The summed E-state index contributed by atoms with van der Waals surface area (Å²) >= 11 is 0. The second kappa shape index (κ2) is 6.05. The Bertz CT molecular complexity index is 331. The fraction of sp³-hybridized carbons (Fsp3) is 0.667. The minimum absolute atomic E-state index is 0.0204. The smallest absolute Gasteiger partial charge is 0.0910 e. The Kier molecular flexibility index (Phi) is 4.42. The first-order valence-corrected chi connectivity index (χ1v) is 6.16. The summed E-state index contributed by atoms with van der Waals surface area (Å²) < 4.78 is 5.74. The van der Waals surface area contributed by atoms with Crippen molar-refractivity contribution in [3.63, 3.8) is 0 Å². The first-order chi connectivity index (χ1) is 8.31. The van der Waals surface area contributed by atoms with E-state index in [9.17, 15) is 0 Å². The van der Waals surface area contributed by atoms with Crippen LogP contribution in [-0.4, -0.2) is 47.2 Å². The van der Waals surface area contributed by atoms with Gasteiger partial charge in [-0.15, -0.1) is 0 Å². The molecule has 2 N–H and O–H groups in total. The molecule has 0 bridgehead atoms. The number of hydrogen-bond donors (Lipinski definition) is 1. The average molecular weight is 236 g/mol. The Morgan fingerprint density at radius 1 is 1.59 bits per heavy atom. The van der Waals surface area contributed by atoms with Crippen molar-refractivity contribution in [3.05, 3.63) is 24.3 Å². The highest BCUT2D eigenvalue weighted by Gasteiger charge is 2.27. The molecule has 2 atom stereocenters. The van der Waals surface area contributed by atoms with Gasteiger partial charge in [-0.3, -0.25) is 14.9 Å². The van der Waals surface area contributed by atoms with Crippen LogP contribution in [0.5, 0.6) is 0 Å². The van der Waals surface area contributed by atoms with Crippen molar-refractivity contribution < 1.29 is 4.74 Å². The van der Waals surface area contributed by atoms with Crippen LogP contribution >= 0.6 is 0 Å². The molecule has 0 spiro atoms. The van der Waals surface area contributed by atoms with Gasteiger partial charge in [-0.25, -0.2) is 0 Å². The number of nitrogens with zero attached hydrogens (tertiary/aromatic N) is 3. The van der Waals surface area contributed by atoms with Crippen LogP contribution in [0.1, 0.15) is 25.1 Å². The van der Waals surface area contributed by atoms with Crippen LogP contribution in [0.3, 0.4) is 0 Å². The quantitative estimate of drug-likeness (QED) is 0.828. The van der Waals surface area contributed by atoms with Crippen LogP contribution in [0.4, 0.5) is 0 Å². The van der Waals surface area contributed by atoms with Crippen molar-refractivity contribution in [2.24, 2.45) is 5.73 Å². The SMILES string of the molecule is CCCN1CCOC(C(N)c2cnccn2)C1. The van der Waals surface area contributed by atoms with Crippen molar-refractivity contribution in [2.45, 2.75) is 25.5 Å². The number of ether oxygens (including phenoxy) is 1. The predicted molar refractivity (Wildman–Crippen MR) is 65.4 cm³/mol. The monoisotopic (exact) mass is 236 g/mol. The van der Waals surface area contributed by atoms with E-state index in [1.807, 2.05) is 0 Å². The Balaban J connectivity index is 1.97. The largest absolute Gasteiger partial charge is 0.374 e. The Labute approximate surface area is 102 Å². The molecule has 1 aromatic heterocycles. The molecule has 0 aromatic carbocycles. The number of aromatic nitrogens is 2. The Hall–Kier alpha value is -1.04. The number of rotatable bonds is 4. The maximum Gasteiger partial charge on any atom is 0.0910 e. The summed E-state index contributed by atoms with van der Waals surface area (Å²) in [5.74, 6) is 0. The number of morpholine rings is 1. The lowest BCUT2D eigenvalue weighted by atomic mass is 10.1. The molecular formula is C12H20N4O. The summed E-state index contributed by atoms with van der Waals surface area (Å²) in [5.41, 5.74) is 6.98. The van der Waals surface area contributed by atoms with Gasteiger partial charge in [0.05, 0.1) is 30.6 Å². The fourth-order valence-corrected chi connectivity index (χ4v) is 2.14. The van der Waals surface area contributed by atoms with Crippen molar-refractivity contribution in [1.29, 1.82) is 0 Å². The number of hydrogen-bond acceptors (Lipinski definition) is 5. The minimum Gasteiger partial charge on any atom is -0.374 e. The van der Waals surface area contributed by atoms with Crippen LogP contribution in [0.25, 0.3) is 0 Å². The maximum atomic E-state index is 6.17. The lowest BCUT2D eigenvalue weighted by Gasteiger charge is -2.35. The van der Waals surface area contributed by atoms with Gasteiger partial charge in [-0.2, -0.15) is 0 Å². The third-order valence-electron chi connectivity index (χ3n) is 3.04. The van der Waals surface area contributed by atoms with Crippen molar-refractivity contribution in [3.8, 4) is 0 Å². The zero-order valence-electron chi connectivity index (χ0n) is 10.2. The molecule has 1 fully saturated rings. The van der Waals surface area contributed by atoms with E-state index in [1.54, 1.807) is 18.6 Å². The molecule has 0 radical (unpaired) electrons. The zero-order valence-corrected chi connectivity index (χ0v) is 10.2. The van der Waals surface area contributed by atoms with E-state index in [-0.39, 0.29) is 12.1 Å². The van der Waals surface area contributed by atoms with E-state index >= 15 is 0 Å². The summed E-state index contributed by atoms with van der Waals surface area (Å²) in [4.78, 5) is 10.7. The summed E-state index contributed by atoms with van der Waals surface area (Å²) in [5, 5.41) is 0. The molecule has 17 heavy (non-hydrogen) atoms. The Morgan fingerprint density at radius 3 is 3.18 bits per heavy atom. The second-order valence-corrected chi connectivity index (χ2v) is 4.37. The van der Waals surface area contributed by atoms with Crippen LogP contribution in [0.15, 0.2) is 18.6 Å². The first-order valence-electron chi connectivity index (χ1n) is 6.16.